The van der Waals surface area contributed by atoms with Crippen molar-refractivity contribution >= 4 is 23.3 Å². The highest BCUT2D eigenvalue weighted by Gasteiger charge is 2.48. The Balaban J connectivity index is 1.10. The van der Waals surface area contributed by atoms with Gasteiger partial charge in [-0.05, 0) is 48.6 Å². The number of carbonyl (C=O) groups is 2. The van der Waals surface area contributed by atoms with Crippen LogP contribution in [0.4, 0.5) is 16.2 Å². The second kappa shape index (κ2) is 10.4. The molecule has 0 spiro atoms. The van der Waals surface area contributed by atoms with E-state index in [1.165, 1.54) is 11.1 Å². The lowest BCUT2D eigenvalue weighted by atomic mass is 9.79. The number of benzene rings is 3. The van der Waals surface area contributed by atoms with Gasteiger partial charge in [-0.2, -0.15) is 0 Å². The first-order chi connectivity index (χ1) is 19.7. The Kier molecular flexibility index (Phi) is 6.46. The van der Waals surface area contributed by atoms with Crippen LogP contribution in [-0.4, -0.2) is 36.2 Å². The van der Waals surface area contributed by atoms with Crippen LogP contribution in [0.25, 0.3) is 0 Å². The minimum atomic E-state index is -0.306. The van der Waals surface area contributed by atoms with E-state index in [2.05, 4.69) is 69.4 Å². The van der Waals surface area contributed by atoms with Crippen LogP contribution in [-0.2, 0) is 4.79 Å². The largest absolute Gasteiger partial charge is 0.454 e. The summed E-state index contributed by atoms with van der Waals surface area (Å²) in [5, 5.41) is 9.82. The van der Waals surface area contributed by atoms with E-state index in [1.54, 1.807) is 18.2 Å². The lowest BCUT2D eigenvalue weighted by Gasteiger charge is -2.42. The third kappa shape index (κ3) is 4.51. The van der Waals surface area contributed by atoms with Gasteiger partial charge in [0.25, 0.3) is 0 Å². The van der Waals surface area contributed by atoms with Crippen LogP contribution in [0.1, 0.15) is 55.3 Å². The van der Waals surface area contributed by atoms with Crippen molar-refractivity contribution in [1.82, 2.24) is 10.2 Å². The summed E-state index contributed by atoms with van der Waals surface area (Å²) in [4.78, 5) is 29.4. The molecule has 0 bridgehead atoms. The fourth-order valence-electron chi connectivity index (χ4n) is 7.08. The van der Waals surface area contributed by atoms with Crippen LogP contribution in [0.5, 0.6) is 11.5 Å². The predicted molar refractivity (Wildman–Crippen MR) is 152 cm³/mol. The van der Waals surface area contributed by atoms with Gasteiger partial charge in [0.15, 0.2) is 11.5 Å². The second-order valence-corrected chi connectivity index (χ2v) is 11.2. The number of urea groups is 1. The first-order valence-electron chi connectivity index (χ1n) is 14.3. The summed E-state index contributed by atoms with van der Waals surface area (Å²) >= 11 is 0. The number of ether oxygens (including phenoxy) is 2. The third-order valence-corrected chi connectivity index (χ3v) is 8.94. The second-order valence-electron chi connectivity index (χ2n) is 11.2. The molecule has 0 aromatic heterocycles. The van der Waals surface area contributed by atoms with Crippen LogP contribution in [0, 0.1) is 11.8 Å². The molecule has 3 aromatic rings. The van der Waals surface area contributed by atoms with Gasteiger partial charge >= 0.3 is 6.03 Å². The van der Waals surface area contributed by atoms with Gasteiger partial charge in [0.2, 0.25) is 12.7 Å². The summed E-state index contributed by atoms with van der Waals surface area (Å²) in [6, 6.07) is 23.9. The summed E-state index contributed by atoms with van der Waals surface area (Å²) in [6.07, 6.45) is 4.49. The Morgan fingerprint density at radius 3 is 2.58 bits per heavy atom. The van der Waals surface area contributed by atoms with Crippen molar-refractivity contribution in [3.05, 3.63) is 83.9 Å². The summed E-state index contributed by atoms with van der Waals surface area (Å²) in [7, 11) is 0. The Hall–Kier alpha value is -4.20. The number of nitrogens with one attached hydrogen (secondary N) is 3. The average Bonchev–Trinajstić information content (AvgIpc) is 3.65. The number of likely N-dealkylation sites (tertiary alicyclic amines) is 1. The van der Waals surface area contributed by atoms with Crippen molar-refractivity contribution < 1.29 is 19.1 Å². The molecule has 8 nitrogen and oxygen atoms in total. The monoisotopic (exact) mass is 538 g/mol. The first-order valence-corrected chi connectivity index (χ1v) is 14.3. The van der Waals surface area contributed by atoms with Gasteiger partial charge in [-0.3, -0.25) is 4.79 Å². The highest BCUT2D eigenvalue weighted by Crippen LogP contribution is 2.51. The van der Waals surface area contributed by atoms with Crippen molar-refractivity contribution in [2.45, 2.75) is 50.2 Å². The number of rotatable bonds is 4. The van der Waals surface area contributed by atoms with Gasteiger partial charge in [0.1, 0.15) is 0 Å². The predicted octanol–water partition coefficient (Wildman–Crippen LogP) is 5.85. The van der Waals surface area contributed by atoms with Gasteiger partial charge < -0.3 is 30.3 Å². The SMILES string of the molecule is O=C(Nc1ccc2c(c1)OCO2)N[C@@H]1CCCC[C@@H]1C(=O)N1CC[C@@H]2[C@H](c3ccccc3)Nc3ccccc3[C@@H]21. The van der Waals surface area contributed by atoms with E-state index in [0.717, 1.165) is 44.3 Å². The van der Waals surface area contributed by atoms with Crippen LogP contribution in [0.15, 0.2) is 72.8 Å². The van der Waals surface area contributed by atoms with Crippen LogP contribution in [0.2, 0.25) is 0 Å². The molecule has 3 amide bonds. The third-order valence-electron chi connectivity index (χ3n) is 8.94. The molecular formula is C32H34N4O4. The molecule has 3 aromatic carbocycles. The summed E-state index contributed by atoms with van der Waals surface area (Å²) in [5.74, 6) is 1.48. The molecule has 3 N–H and O–H groups in total. The molecule has 3 heterocycles. The standard InChI is InChI=1S/C32H34N4O4/c37-31(23-11-5-7-13-26(23)35-32(38)33-21-14-15-27-28(18-21)40-19-39-27)36-17-16-24-29(20-8-2-1-3-9-20)34-25-12-6-4-10-22(25)30(24)36/h1-4,6,8-10,12,14-15,18,23-24,26,29-30,34H,5,7,11,13,16-17,19H2,(H2,33,35,38)/t23-,24+,26+,29-,30-/m0/s1. The molecule has 8 heteroatoms. The molecule has 0 radical (unpaired) electrons. The minimum absolute atomic E-state index is 0.0141. The zero-order valence-electron chi connectivity index (χ0n) is 22.3. The van der Waals surface area contributed by atoms with Crippen molar-refractivity contribution in [2.75, 3.05) is 24.0 Å². The molecule has 5 atom stereocenters. The Morgan fingerprint density at radius 2 is 1.68 bits per heavy atom. The van der Waals surface area contributed by atoms with Crippen molar-refractivity contribution in [2.24, 2.45) is 11.8 Å². The van der Waals surface area contributed by atoms with E-state index in [9.17, 15) is 9.59 Å². The smallest absolute Gasteiger partial charge is 0.319 e. The van der Waals surface area contributed by atoms with Gasteiger partial charge in [-0.15, -0.1) is 0 Å². The molecule has 1 saturated carbocycles. The van der Waals surface area contributed by atoms with Crippen molar-refractivity contribution in [1.29, 1.82) is 0 Å². The maximum absolute atomic E-state index is 14.3. The first kappa shape index (κ1) is 24.8. The fourth-order valence-corrected chi connectivity index (χ4v) is 7.08. The number of nitrogens with zero attached hydrogens (tertiary/aromatic N) is 1. The lowest BCUT2D eigenvalue weighted by Crippen LogP contribution is -2.51. The highest BCUT2D eigenvalue weighted by atomic mass is 16.7. The van der Waals surface area contributed by atoms with E-state index in [1.807, 2.05) is 6.07 Å². The molecular weight excluding hydrogens is 504 g/mol. The number of carbonyl (C=O) groups excluding carboxylic acids is 2. The van der Waals surface area contributed by atoms with E-state index in [0.29, 0.717) is 17.2 Å². The quantitative estimate of drug-likeness (QED) is 0.388. The fraction of sp³-hybridized carbons (Fsp3) is 0.375. The maximum Gasteiger partial charge on any atom is 0.319 e. The number of anilines is 2. The minimum Gasteiger partial charge on any atom is -0.454 e. The molecule has 206 valence electrons. The molecule has 4 aliphatic rings. The van der Waals surface area contributed by atoms with Crippen LogP contribution < -0.4 is 25.4 Å². The van der Waals surface area contributed by atoms with Crippen LogP contribution in [0.3, 0.4) is 0 Å². The molecule has 40 heavy (non-hydrogen) atoms. The zero-order valence-corrected chi connectivity index (χ0v) is 22.3. The molecule has 1 aliphatic carbocycles. The maximum atomic E-state index is 14.3. The number of hydrogen-bond donors (Lipinski definition) is 3. The number of amides is 3. The molecule has 7 rings (SSSR count). The van der Waals surface area contributed by atoms with Gasteiger partial charge in [-0.25, -0.2) is 4.79 Å². The number of fused-ring (bicyclic) bond motifs is 4. The van der Waals surface area contributed by atoms with Gasteiger partial charge in [-0.1, -0.05) is 61.4 Å². The topological polar surface area (TPSA) is 91.9 Å². The lowest BCUT2D eigenvalue weighted by molar-refractivity contribution is -0.138. The zero-order chi connectivity index (χ0) is 27.1. The van der Waals surface area contributed by atoms with Crippen LogP contribution >= 0.6 is 0 Å². The molecule has 1 saturated heterocycles. The summed E-state index contributed by atoms with van der Waals surface area (Å²) < 4.78 is 10.8. The van der Waals surface area contributed by atoms with Gasteiger partial charge in [0, 0.05) is 35.9 Å². The Labute approximate surface area is 234 Å². The molecule has 3 aliphatic heterocycles. The highest BCUT2D eigenvalue weighted by molar-refractivity contribution is 5.91. The normalized spacial score (nSPS) is 26.3. The molecule has 2 fully saturated rings. The van der Waals surface area contributed by atoms with E-state index in [-0.39, 0.29) is 48.7 Å². The Morgan fingerprint density at radius 1 is 0.875 bits per heavy atom. The van der Waals surface area contributed by atoms with E-state index >= 15 is 0 Å². The molecule has 0 unspecified atom stereocenters. The van der Waals surface area contributed by atoms with Crippen molar-refractivity contribution in [3.63, 3.8) is 0 Å². The van der Waals surface area contributed by atoms with E-state index < -0.39 is 0 Å². The average molecular weight is 539 g/mol. The number of hydrogen-bond acceptors (Lipinski definition) is 5. The summed E-state index contributed by atoms with van der Waals surface area (Å²) in [5.41, 5.74) is 4.16. The van der Waals surface area contributed by atoms with E-state index in [4.69, 9.17) is 9.47 Å². The number of para-hydroxylation sites is 1. The Bertz CT molecular complexity index is 1410. The van der Waals surface area contributed by atoms with Crippen molar-refractivity contribution in [3.8, 4) is 11.5 Å². The summed E-state index contributed by atoms with van der Waals surface area (Å²) in [6.45, 7) is 0.905. The van der Waals surface area contributed by atoms with Gasteiger partial charge in [0.05, 0.1) is 18.0 Å².